The Morgan fingerprint density at radius 3 is 2.70 bits per heavy atom. The van der Waals surface area contributed by atoms with E-state index >= 15 is 0 Å². The average molecular weight is 420 g/mol. The quantitative estimate of drug-likeness (QED) is 0.488. The maximum absolute atomic E-state index is 13.0. The molecule has 0 unspecified atom stereocenters. The van der Waals surface area contributed by atoms with E-state index < -0.39 is 6.04 Å². The van der Waals surface area contributed by atoms with Crippen molar-refractivity contribution in [1.29, 1.82) is 0 Å². The van der Waals surface area contributed by atoms with Crippen LogP contribution in [0.4, 0.5) is 5.69 Å². The SMILES string of the molecule is C[C@H](C(=O)Nc1ccc2c(c1)OCO2)n1nc(-c2ccccc2)c2cc(Cl)ccc21. The van der Waals surface area contributed by atoms with Gasteiger partial charge >= 0.3 is 0 Å². The molecule has 1 atom stereocenters. The van der Waals surface area contributed by atoms with Crippen LogP contribution in [-0.2, 0) is 4.79 Å². The molecule has 5 rings (SSSR count). The molecule has 1 amide bonds. The normalized spacial score (nSPS) is 13.4. The van der Waals surface area contributed by atoms with Crippen LogP contribution >= 0.6 is 11.6 Å². The molecule has 1 aromatic heterocycles. The molecule has 4 aromatic rings. The molecule has 0 spiro atoms. The van der Waals surface area contributed by atoms with Crippen LogP contribution in [0.3, 0.4) is 0 Å². The number of rotatable bonds is 4. The topological polar surface area (TPSA) is 65.4 Å². The molecule has 0 radical (unpaired) electrons. The van der Waals surface area contributed by atoms with Crippen LogP contribution in [0.25, 0.3) is 22.2 Å². The molecule has 0 saturated heterocycles. The lowest BCUT2D eigenvalue weighted by Gasteiger charge is -2.14. The number of fused-ring (bicyclic) bond motifs is 2. The standard InChI is InChI=1S/C23H18ClN3O3/c1-14(23(28)25-17-8-10-20-21(12-17)30-13-29-20)27-19-9-7-16(24)11-18(19)22(26-27)15-5-3-2-4-6-15/h2-12,14H,13H2,1H3,(H,25,28)/t14-/m1/s1. The van der Waals surface area contributed by atoms with Gasteiger partial charge in [0, 0.05) is 27.7 Å². The molecule has 6 nitrogen and oxygen atoms in total. The van der Waals surface area contributed by atoms with Gasteiger partial charge in [-0.15, -0.1) is 0 Å². The smallest absolute Gasteiger partial charge is 0.248 e. The molecule has 0 fully saturated rings. The monoisotopic (exact) mass is 419 g/mol. The summed E-state index contributed by atoms with van der Waals surface area (Å²) in [5.41, 5.74) is 3.23. The number of hydrogen-bond donors (Lipinski definition) is 1. The Bertz CT molecular complexity index is 1250. The minimum absolute atomic E-state index is 0.187. The lowest BCUT2D eigenvalue weighted by Crippen LogP contribution is -2.24. The lowest BCUT2D eigenvalue weighted by molar-refractivity contribution is -0.118. The molecule has 30 heavy (non-hydrogen) atoms. The van der Waals surface area contributed by atoms with Crippen molar-refractivity contribution in [3.8, 4) is 22.8 Å². The maximum atomic E-state index is 13.0. The highest BCUT2D eigenvalue weighted by molar-refractivity contribution is 6.31. The van der Waals surface area contributed by atoms with E-state index in [1.807, 2.05) is 49.4 Å². The van der Waals surface area contributed by atoms with Gasteiger partial charge in [0.1, 0.15) is 11.7 Å². The van der Waals surface area contributed by atoms with Gasteiger partial charge in [0.25, 0.3) is 0 Å². The average Bonchev–Trinajstić information content (AvgIpc) is 3.37. The number of halogens is 1. The number of nitrogens with zero attached hydrogens (tertiary/aromatic N) is 2. The van der Waals surface area contributed by atoms with Crippen LogP contribution in [0.1, 0.15) is 13.0 Å². The summed E-state index contributed by atoms with van der Waals surface area (Å²) in [7, 11) is 0. The molecule has 1 aliphatic rings. The fourth-order valence-electron chi connectivity index (χ4n) is 3.55. The van der Waals surface area contributed by atoms with E-state index in [0.717, 1.165) is 22.2 Å². The van der Waals surface area contributed by atoms with E-state index in [2.05, 4.69) is 5.32 Å². The van der Waals surface area contributed by atoms with Crippen molar-refractivity contribution in [2.75, 3.05) is 12.1 Å². The summed E-state index contributed by atoms with van der Waals surface area (Å²) >= 11 is 6.24. The summed E-state index contributed by atoms with van der Waals surface area (Å²) in [6, 6.07) is 20.2. The van der Waals surface area contributed by atoms with Crippen LogP contribution in [0.2, 0.25) is 5.02 Å². The molecule has 0 bridgehead atoms. The Kier molecular flexibility index (Phi) is 4.56. The van der Waals surface area contributed by atoms with E-state index in [1.54, 1.807) is 28.9 Å². The van der Waals surface area contributed by atoms with Crippen molar-refractivity contribution in [2.45, 2.75) is 13.0 Å². The van der Waals surface area contributed by atoms with Gasteiger partial charge in [-0.25, -0.2) is 0 Å². The molecule has 7 heteroatoms. The first-order valence-corrected chi connectivity index (χ1v) is 9.91. The third-order valence-electron chi connectivity index (χ3n) is 5.10. The number of ether oxygens (including phenoxy) is 2. The van der Waals surface area contributed by atoms with Gasteiger partial charge in [0.05, 0.1) is 5.52 Å². The third-order valence-corrected chi connectivity index (χ3v) is 5.34. The molecule has 0 saturated carbocycles. The molecule has 150 valence electrons. The Labute approximate surface area is 178 Å². The predicted molar refractivity (Wildman–Crippen MR) is 116 cm³/mol. The van der Waals surface area contributed by atoms with Crippen molar-refractivity contribution in [3.05, 3.63) is 71.8 Å². The van der Waals surface area contributed by atoms with Gasteiger partial charge in [0.2, 0.25) is 12.7 Å². The van der Waals surface area contributed by atoms with E-state index in [-0.39, 0.29) is 12.7 Å². The van der Waals surface area contributed by atoms with E-state index in [1.165, 1.54) is 0 Å². The van der Waals surface area contributed by atoms with Crippen LogP contribution in [0, 0.1) is 0 Å². The Balaban J connectivity index is 1.50. The largest absolute Gasteiger partial charge is 0.454 e. The minimum atomic E-state index is -0.545. The number of carbonyl (C=O) groups is 1. The second-order valence-electron chi connectivity index (χ2n) is 7.05. The summed E-state index contributed by atoms with van der Waals surface area (Å²) in [5, 5.41) is 9.23. The van der Waals surface area contributed by atoms with E-state index in [0.29, 0.717) is 22.2 Å². The van der Waals surface area contributed by atoms with Gasteiger partial charge in [-0.05, 0) is 37.3 Å². The zero-order valence-corrected chi connectivity index (χ0v) is 16.9. The summed E-state index contributed by atoms with van der Waals surface area (Å²) in [5.74, 6) is 1.10. The van der Waals surface area contributed by atoms with Crippen LogP contribution in [-0.4, -0.2) is 22.5 Å². The number of amides is 1. The van der Waals surface area contributed by atoms with Gasteiger partial charge in [-0.3, -0.25) is 9.48 Å². The van der Waals surface area contributed by atoms with Crippen molar-refractivity contribution in [2.24, 2.45) is 0 Å². The second-order valence-corrected chi connectivity index (χ2v) is 7.49. The van der Waals surface area contributed by atoms with E-state index in [4.69, 9.17) is 26.2 Å². The van der Waals surface area contributed by atoms with Gasteiger partial charge in [-0.1, -0.05) is 41.9 Å². The Morgan fingerprint density at radius 1 is 1.07 bits per heavy atom. The number of hydrogen-bond acceptors (Lipinski definition) is 4. The van der Waals surface area contributed by atoms with Crippen LogP contribution < -0.4 is 14.8 Å². The highest BCUT2D eigenvalue weighted by Gasteiger charge is 2.22. The Hall–Kier alpha value is -3.51. The molecule has 1 aliphatic heterocycles. The Morgan fingerprint density at radius 2 is 1.87 bits per heavy atom. The number of carbonyl (C=O) groups excluding carboxylic acids is 1. The maximum Gasteiger partial charge on any atom is 0.248 e. The first-order chi connectivity index (χ1) is 14.6. The van der Waals surface area contributed by atoms with Crippen molar-refractivity contribution >= 4 is 34.1 Å². The summed E-state index contributed by atoms with van der Waals surface area (Å²) in [6.45, 7) is 2.01. The van der Waals surface area contributed by atoms with E-state index in [9.17, 15) is 4.79 Å². The molecular formula is C23H18ClN3O3. The third kappa shape index (κ3) is 3.25. The zero-order valence-electron chi connectivity index (χ0n) is 16.1. The molecule has 0 aliphatic carbocycles. The summed E-state index contributed by atoms with van der Waals surface area (Å²) in [4.78, 5) is 13.0. The number of anilines is 1. The van der Waals surface area contributed by atoms with Crippen molar-refractivity contribution < 1.29 is 14.3 Å². The molecular weight excluding hydrogens is 402 g/mol. The fourth-order valence-corrected chi connectivity index (χ4v) is 3.72. The van der Waals surface area contributed by atoms with Gasteiger partial charge in [0.15, 0.2) is 11.5 Å². The second kappa shape index (κ2) is 7.39. The summed E-state index contributed by atoms with van der Waals surface area (Å²) < 4.78 is 12.4. The fraction of sp³-hybridized carbons (Fsp3) is 0.130. The van der Waals surface area contributed by atoms with Gasteiger partial charge in [-0.2, -0.15) is 5.10 Å². The molecule has 2 heterocycles. The van der Waals surface area contributed by atoms with Crippen LogP contribution in [0.5, 0.6) is 11.5 Å². The lowest BCUT2D eigenvalue weighted by atomic mass is 10.1. The van der Waals surface area contributed by atoms with Crippen molar-refractivity contribution in [1.82, 2.24) is 9.78 Å². The molecule has 3 aromatic carbocycles. The number of aromatic nitrogens is 2. The highest BCUT2D eigenvalue weighted by Crippen LogP contribution is 2.35. The van der Waals surface area contributed by atoms with Gasteiger partial charge < -0.3 is 14.8 Å². The predicted octanol–water partition coefficient (Wildman–Crippen LogP) is 5.29. The first-order valence-electron chi connectivity index (χ1n) is 9.54. The zero-order chi connectivity index (χ0) is 20.7. The van der Waals surface area contributed by atoms with Crippen LogP contribution in [0.15, 0.2) is 66.7 Å². The summed E-state index contributed by atoms with van der Waals surface area (Å²) in [6.07, 6.45) is 0. The number of nitrogens with one attached hydrogen (secondary N) is 1. The highest BCUT2D eigenvalue weighted by atomic mass is 35.5. The first kappa shape index (κ1) is 18.5. The number of benzene rings is 3. The minimum Gasteiger partial charge on any atom is -0.454 e. The van der Waals surface area contributed by atoms with Crippen molar-refractivity contribution in [3.63, 3.8) is 0 Å². The molecule has 1 N–H and O–H groups in total.